The Morgan fingerprint density at radius 3 is 2.11 bits per heavy atom. The second-order valence-electron chi connectivity index (χ2n) is 2.59. The third-order valence-electron chi connectivity index (χ3n) is 1.42. The smallest absolute Gasteiger partial charge is 0.144 e. The summed E-state index contributed by atoms with van der Waals surface area (Å²) < 4.78 is 0. The quantitative estimate of drug-likeness (QED) is 0.479. The van der Waals surface area contributed by atoms with E-state index in [9.17, 15) is 9.59 Å². The molecule has 1 aliphatic carbocycles. The van der Waals surface area contributed by atoms with Crippen molar-refractivity contribution in [1.82, 2.24) is 0 Å². The number of carbonyl (C=O) groups is 2. The van der Waals surface area contributed by atoms with Crippen molar-refractivity contribution in [3.05, 3.63) is 6.42 Å². The van der Waals surface area contributed by atoms with E-state index in [4.69, 9.17) is 0 Å². The normalized spacial score (nSPS) is 22.8. The third-order valence-corrected chi connectivity index (χ3v) is 1.42. The molecule has 0 heterocycles. The molecule has 1 aliphatic rings. The lowest BCUT2D eigenvalue weighted by Gasteiger charge is -2.13. The van der Waals surface area contributed by atoms with Crippen LogP contribution in [0.15, 0.2) is 0 Å². The largest absolute Gasteiger partial charge is 0.299 e. The fourth-order valence-electron chi connectivity index (χ4n) is 1.06. The molecule has 0 atom stereocenters. The van der Waals surface area contributed by atoms with Crippen molar-refractivity contribution >= 4 is 11.6 Å². The predicted octanol–water partition coefficient (Wildman–Crippen LogP) is 0.759. The molecule has 0 spiro atoms. The highest BCUT2D eigenvalue weighted by Gasteiger charge is 2.21. The van der Waals surface area contributed by atoms with E-state index in [1.54, 1.807) is 0 Å². The lowest BCUT2D eigenvalue weighted by atomic mass is 9.89. The van der Waals surface area contributed by atoms with Crippen LogP contribution in [0.1, 0.15) is 19.8 Å². The van der Waals surface area contributed by atoms with Crippen LogP contribution in [0.4, 0.5) is 0 Å². The van der Waals surface area contributed by atoms with Gasteiger partial charge in [0, 0.05) is 12.8 Å². The Morgan fingerprint density at radius 1 is 1.33 bits per heavy atom. The molecule has 2 nitrogen and oxygen atoms in total. The maximum atomic E-state index is 10.6. The topological polar surface area (TPSA) is 34.1 Å². The van der Waals surface area contributed by atoms with Gasteiger partial charge in [0.15, 0.2) is 0 Å². The van der Waals surface area contributed by atoms with Gasteiger partial charge in [-0.1, -0.05) is 6.92 Å². The van der Waals surface area contributed by atoms with E-state index in [-0.39, 0.29) is 17.5 Å². The third kappa shape index (κ3) is 1.63. The number of hydrogen-bond acceptors (Lipinski definition) is 2. The summed E-state index contributed by atoms with van der Waals surface area (Å²) >= 11 is 0. The Balaban J connectivity index is 2.53. The average molecular weight is 125 g/mol. The average Bonchev–Trinajstić information content (AvgIpc) is 1.59. The molecule has 0 saturated heterocycles. The van der Waals surface area contributed by atoms with Crippen LogP contribution in [0, 0.1) is 12.3 Å². The molecule has 1 saturated carbocycles. The Bertz CT molecular complexity index is 133. The fourth-order valence-corrected chi connectivity index (χ4v) is 1.06. The van der Waals surface area contributed by atoms with E-state index < -0.39 is 0 Å². The van der Waals surface area contributed by atoms with Crippen molar-refractivity contribution in [2.45, 2.75) is 19.8 Å². The van der Waals surface area contributed by atoms with Crippen molar-refractivity contribution in [1.29, 1.82) is 0 Å². The van der Waals surface area contributed by atoms with Crippen molar-refractivity contribution < 1.29 is 9.59 Å². The number of carbonyl (C=O) groups excluding carboxylic acids is 2. The summed E-state index contributed by atoms with van der Waals surface area (Å²) in [5, 5.41) is 0. The standard InChI is InChI=1S/C7H9O2/c1-5-2-6(8)4-7(9)3-5/h4-5H,2-3H2,1H3. The monoisotopic (exact) mass is 125 g/mol. The van der Waals surface area contributed by atoms with Gasteiger partial charge >= 0.3 is 0 Å². The number of hydrogen-bond donors (Lipinski definition) is 0. The molecule has 0 unspecified atom stereocenters. The summed E-state index contributed by atoms with van der Waals surface area (Å²) in [5.41, 5.74) is 0. The summed E-state index contributed by atoms with van der Waals surface area (Å²) in [6.07, 6.45) is 2.30. The van der Waals surface area contributed by atoms with Crippen LogP contribution in [-0.4, -0.2) is 11.6 Å². The number of ketones is 2. The summed E-state index contributed by atoms with van der Waals surface area (Å²) in [7, 11) is 0. The van der Waals surface area contributed by atoms with Crippen molar-refractivity contribution in [2.75, 3.05) is 0 Å². The summed E-state index contributed by atoms with van der Waals surface area (Å²) in [6, 6.07) is 0. The number of rotatable bonds is 0. The van der Waals surface area contributed by atoms with Gasteiger partial charge in [0.25, 0.3) is 0 Å². The van der Waals surface area contributed by atoms with Crippen LogP contribution in [0.3, 0.4) is 0 Å². The molecule has 0 bridgehead atoms. The lowest BCUT2D eigenvalue weighted by Crippen LogP contribution is -2.21. The van der Waals surface area contributed by atoms with Crippen molar-refractivity contribution in [3.63, 3.8) is 0 Å². The van der Waals surface area contributed by atoms with Gasteiger partial charge < -0.3 is 0 Å². The molecular formula is C7H9O2. The van der Waals surface area contributed by atoms with E-state index in [1.165, 1.54) is 6.42 Å². The molecule has 0 aromatic rings. The highest BCUT2D eigenvalue weighted by molar-refractivity contribution is 6.12. The van der Waals surface area contributed by atoms with Crippen LogP contribution in [0.25, 0.3) is 0 Å². The van der Waals surface area contributed by atoms with Crippen LogP contribution < -0.4 is 0 Å². The van der Waals surface area contributed by atoms with Crippen LogP contribution >= 0.6 is 0 Å². The Morgan fingerprint density at radius 2 is 1.78 bits per heavy atom. The molecule has 0 aliphatic heterocycles. The molecule has 1 rings (SSSR count). The highest BCUT2D eigenvalue weighted by Crippen LogP contribution is 2.16. The fraction of sp³-hybridized carbons (Fsp3) is 0.571. The van der Waals surface area contributed by atoms with Gasteiger partial charge in [0.05, 0.1) is 6.42 Å². The SMILES string of the molecule is CC1CC(=O)[CH]C(=O)C1. The van der Waals surface area contributed by atoms with Crippen molar-refractivity contribution in [2.24, 2.45) is 5.92 Å². The summed E-state index contributed by atoms with van der Waals surface area (Å²) in [5.74, 6) is 0.229. The summed E-state index contributed by atoms with van der Waals surface area (Å²) in [4.78, 5) is 21.2. The minimum Gasteiger partial charge on any atom is -0.299 e. The van der Waals surface area contributed by atoms with Gasteiger partial charge in [-0.2, -0.15) is 0 Å². The molecule has 49 valence electrons. The second-order valence-corrected chi connectivity index (χ2v) is 2.59. The van der Waals surface area contributed by atoms with Crippen molar-refractivity contribution in [3.8, 4) is 0 Å². The molecule has 1 fully saturated rings. The van der Waals surface area contributed by atoms with Gasteiger partial charge in [0.1, 0.15) is 11.6 Å². The Kier molecular flexibility index (Phi) is 1.65. The highest BCUT2D eigenvalue weighted by atomic mass is 16.1. The first-order valence-electron chi connectivity index (χ1n) is 3.09. The minimum atomic E-state index is -0.0150. The van der Waals surface area contributed by atoms with E-state index in [2.05, 4.69) is 0 Å². The van der Waals surface area contributed by atoms with E-state index in [1.807, 2.05) is 6.92 Å². The zero-order chi connectivity index (χ0) is 6.85. The van der Waals surface area contributed by atoms with E-state index in [0.29, 0.717) is 12.8 Å². The zero-order valence-corrected chi connectivity index (χ0v) is 5.39. The molecule has 2 heteroatoms. The second kappa shape index (κ2) is 2.29. The summed E-state index contributed by atoms with van der Waals surface area (Å²) in [6.45, 7) is 1.92. The Hall–Kier alpha value is -0.660. The first-order chi connectivity index (χ1) is 4.18. The Labute approximate surface area is 54.2 Å². The van der Waals surface area contributed by atoms with Gasteiger partial charge in [0.2, 0.25) is 0 Å². The molecular weight excluding hydrogens is 116 g/mol. The van der Waals surface area contributed by atoms with Crippen LogP contribution in [0.5, 0.6) is 0 Å². The molecule has 0 amide bonds. The van der Waals surface area contributed by atoms with Gasteiger partial charge in [-0.25, -0.2) is 0 Å². The zero-order valence-electron chi connectivity index (χ0n) is 5.39. The molecule has 9 heavy (non-hydrogen) atoms. The van der Waals surface area contributed by atoms with Gasteiger partial charge in [-0.3, -0.25) is 9.59 Å². The van der Waals surface area contributed by atoms with E-state index >= 15 is 0 Å². The van der Waals surface area contributed by atoms with Crippen LogP contribution in [-0.2, 0) is 9.59 Å². The van der Waals surface area contributed by atoms with Crippen LogP contribution in [0.2, 0.25) is 0 Å². The van der Waals surface area contributed by atoms with Gasteiger partial charge in [-0.05, 0) is 5.92 Å². The molecule has 0 aromatic carbocycles. The molecule has 0 N–H and O–H groups in total. The van der Waals surface area contributed by atoms with Gasteiger partial charge in [-0.15, -0.1) is 0 Å². The molecule has 0 aromatic heterocycles. The predicted molar refractivity (Wildman–Crippen MR) is 32.7 cm³/mol. The van der Waals surface area contributed by atoms with E-state index in [0.717, 1.165) is 0 Å². The number of Topliss-reactive ketones (excluding diaryl/α,β-unsaturated/α-hetero) is 2. The maximum absolute atomic E-state index is 10.6. The minimum absolute atomic E-state index is 0.0150. The first-order valence-corrected chi connectivity index (χ1v) is 3.09. The lowest BCUT2D eigenvalue weighted by molar-refractivity contribution is -0.125. The molecule has 1 radical (unpaired) electrons. The maximum Gasteiger partial charge on any atom is 0.144 e. The first kappa shape index (κ1) is 6.46.